The second-order valence-electron chi connectivity index (χ2n) is 7.65. The van der Waals surface area contributed by atoms with E-state index in [4.69, 9.17) is 0 Å². The number of aromatic nitrogens is 2. The Labute approximate surface area is 169 Å². The lowest BCUT2D eigenvalue weighted by Gasteiger charge is -2.27. The first-order chi connectivity index (χ1) is 14.0. The SMILES string of the molecule is CC(C)c1c(C(=O)NCC2NCCc3ccccc32)cnn1-c1ccc(F)cc1. The van der Waals surface area contributed by atoms with Crippen LogP contribution in [0.3, 0.4) is 0 Å². The number of hydrogen-bond donors (Lipinski definition) is 2. The molecule has 150 valence electrons. The molecule has 4 rings (SSSR count). The summed E-state index contributed by atoms with van der Waals surface area (Å²) in [6, 6.07) is 14.6. The van der Waals surface area contributed by atoms with Crippen LogP contribution in [0.25, 0.3) is 5.69 Å². The van der Waals surface area contributed by atoms with Crippen LogP contribution in [-0.2, 0) is 6.42 Å². The Morgan fingerprint density at radius 2 is 2.00 bits per heavy atom. The fourth-order valence-corrected chi connectivity index (χ4v) is 3.94. The Balaban J connectivity index is 1.54. The summed E-state index contributed by atoms with van der Waals surface area (Å²) in [5, 5.41) is 11.0. The maximum Gasteiger partial charge on any atom is 0.254 e. The van der Waals surface area contributed by atoms with Gasteiger partial charge in [-0.2, -0.15) is 5.10 Å². The van der Waals surface area contributed by atoms with Crippen molar-refractivity contribution in [3.8, 4) is 5.69 Å². The first-order valence-electron chi connectivity index (χ1n) is 9.98. The van der Waals surface area contributed by atoms with Crippen molar-refractivity contribution in [2.75, 3.05) is 13.1 Å². The number of nitrogens with one attached hydrogen (secondary N) is 2. The second kappa shape index (κ2) is 8.17. The lowest BCUT2D eigenvalue weighted by molar-refractivity contribution is 0.0947. The Kier molecular flexibility index (Phi) is 5.45. The molecule has 0 aliphatic carbocycles. The zero-order valence-electron chi connectivity index (χ0n) is 16.7. The zero-order valence-corrected chi connectivity index (χ0v) is 16.7. The van der Waals surface area contributed by atoms with Crippen molar-refractivity contribution in [1.82, 2.24) is 20.4 Å². The number of nitrogens with zero attached hydrogens (tertiary/aromatic N) is 2. The van der Waals surface area contributed by atoms with Crippen molar-refractivity contribution in [3.63, 3.8) is 0 Å². The maximum absolute atomic E-state index is 13.3. The van der Waals surface area contributed by atoms with E-state index in [2.05, 4.69) is 33.9 Å². The summed E-state index contributed by atoms with van der Waals surface area (Å²) in [5.41, 5.74) is 4.67. The van der Waals surface area contributed by atoms with E-state index in [1.54, 1.807) is 23.0 Å². The summed E-state index contributed by atoms with van der Waals surface area (Å²) in [7, 11) is 0. The Morgan fingerprint density at radius 1 is 1.24 bits per heavy atom. The van der Waals surface area contributed by atoms with Crippen molar-refractivity contribution >= 4 is 5.91 Å². The zero-order chi connectivity index (χ0) is 20.4. The summed E-state index contributed by atoms with van der Waals surface area (Å²) in [6.07, 6.45) is 2.60. The van der Waals surface area contributed by atoms with Crippen LogP contribution in [-0.4, -0.2) is 28.8 Å². The van der Waals surface area contributed by atoms with Gasteiger partial charge in [-0.15, -0.1) is 0 Å². The number of halogens is 1. The molecule has 3 aromatic rings. The lowest BCUT2D eigenvalue weighted by Crippen LogP contribution is -2.39. The minimum atomic E-state index is -0.301. The van der Waals surface area contributed by atoms with Gasteiger partial charge in [-0.3, -0.25) is 4.79 Å². The van der Waals surface area contributed by atoms with Gasteiger partial charge in [-0.25, -0.2) is 9.07 Å². The van der Waals surface area contributed by atoms with Gasteiger partial charge in [-0.1, -0.05) is 38.1 Å². The molecule has 0 bridgehead atoms. The quantitative estimate of drug-likeness (QED) is 0.695. The molecule has 0 fully saturated rings. The monoisotopic (exact) mass is 392 g/mol. The summed E-state index contributed by atoms with van der Waals surface area (Å²) in [6.45, 7) is 5.45. The average Bonchev–Trinajstić information content (AvgIpc) is 3.18. The molecule has 1 amide bonds. The lowest BCUT2D eigenvalue weighted by atomic mass is 9.94. The van der Waals surface area contributed by atoms with Crippen LogP contribution in [0.5, 0.6) is 0 Å². The Hall–Kier alpha value is -2.99. The number of hydrogen-bond acceptors (Lipinski definition) is 3. The molecule has 5 nitrogen and oxygen atoms in total. The number of carbonyl (C=O) groups is 1. The highest BCUT2D eigenvalue weighted by Crippen LogP contribution is 2.25. The molecule has 1 atom stereocenters. The van der Waals surface area contributed by atoms with E-state index in [9.17, 15) is 9.18 Å². The molecule has 1 unspecified atom stereocenters. The molecule has 2 aromatic carbocycles. The van der Waals surface area contributed by atoms with Gasteiger partial charge in [0.25, 0.3) is 5.91 Å². The number of benzene rings is 2. The number of fused-ring (bicyclic) bond motifs is 1. The highest BCUT2D eigenvalue weighted by atomic mass is 19.1. The van der Waals surface area contributed by atoms with Crippen molar-refractivity contribution < 1.29 is 9.18 Å². The van der Waals surface area contributed by atoms with Crippen LogP contribution in [0.1, 0.15) is 53.0 Å². The van der Waals surface area contributed by atoms with Crippen molar-refractivity contribution in [2.24, 2.45) is 0 Å². The fourth-order valence-electron chi connectivity index (χ4n) is 3.94. The Bertz CT molecular complexity index is 1010. The van der Waals surface area contributed by atoms with Crippen LogP contribution in [0.15, 0.2) is 54.7 Å². The van der Waals surface area contributed by atoms with Gasteiger partial charge in [0.05, 0.1) is 23.1 Å². The molecule has 2 heterocycles. The topological polar surface area (TPSA) is 59.0 Å². The third kappa shape index (κ3) is 3.93. The molecule has 1 aromatic heterocycles. The molecular weight excluding hydrogens is 367 g/mol. The van der Waals surface area contributed by atoms with Crippen LogP contribution >= 0.6 is 0 Å². The van der Waals surface area contributed by atoms with Gasteiger partial charge in [-0.05, 0) is 54.3 Å². The highest BCUT2D eigenvalue weighted by Gasteiger charge is 2.23. The third-order valence-electron chi connectivity index (χ3n) is 5.35. The smallest absolute Gasteiger partial charge is 0.254 e. The summed E-state index contributed by atoms with van der Waals surface area (Å²) in [5.74, 6) is -0.367. The van der Waals surface area contributed by atoms with E-state index in [-0.39, 0.29) is 23.7 Å². The average molecular weight is 392 g/mol. The number of amides is 1. The first-order valence-corrected chi connectivity index (χ1v) is 9.98. The van der Waals surface area contributed by atoms with E-state index >= 15 is 0 Å². The van der Waals surface area contributed by atoms with E-state index in [1.807, 2.05) is 19.9 Å². The molecule has 1 aliphatic heterocycles. The van der Waals surface area contributed by atoms with Gasteiger partial charge in [0.15, 0.2) is 0 Å². The standard InChI is InChI=1S/C23H25FN4O/c1-15(2)22-20(13-27-28(22)18-9-7-17(24)8-10-18)23(29)26-14-21-19-6-4-3-5-16(19)11-12-25-21/h3-10,13,15,21,25H,11-12,14H2,1-2H3,(H,26,29). The molecule has 2 N–H and O–H groups in total. The Morgan fingerprint density at radius 3 is 2.76 bits per heavy atom. The molecular formula is C23H25FN4O. The van der Waals surface area contributed by atoms with Crippen LogP contribution in [0.2, 0.25) is 0 Å². The molecule has 6 heteroatoms. The first kappa shape index (κ1) is 19.3. The van der Waals surface area contributed by atoms with Gasteiger partial charge < -0.3 is 10.6 Å². The maximum atomic E-state index is 13.3. The van der Waals surface area contributed by atoms with Gasteiger partial charge in [0.2, 0.25) is 0 Å². The number of carbonyl (C=O) groups excluding carboxylic acids is 1. The highest BCUT2D eigenvalue weighted by molar-refractivity contribution is 5.95. The second-order valence-corrected chi connectivity index (χ2v) is 7.65. The molecule has 0 radical (unpaired) electrons. The minimum Gasteiger partial charge on any atom is -0.350 e. The van der Waals surface area contributed by atoms with Gasteiger partial charge in [0.1, 0.15) is 5.82 Å². The van der Waals surface area contributed by atoms with Gasteiger partial charge >= 0.3 is 0 Å². The third-order valence-corrected chi connectivity index (χ3v) is 5.35. The number of rotatable bonds is 5. The van der Waals surface area contributed by atoms with Gasteiger partial charge in [0, 0.05) is 12.6 Å². The largest absolute Gasteiger partial charge is 0.350 e. The molecule has 1 aliphatic rings. The predicted molar refractivity (Wildman–Crippen MR) is 111 cm³/mol. The van der Waals surface area contributed by atoms with E-state index in [1.165, 1.54) is 23.3 Å². The fraction of sp³-hybridized carbons (Fsp3) is 0.304. The van der Waals surface area contributed by atoms with Crippen molar-refractivity contribution in [3.05, 3.63) is 82.9 Å². The summed E-state index contributed by atoms with van der Waals surface area (Å²) in [4.78, 5) is 13.0. The molecule has 0 saturated carbocycles. The minimum absolute atomic E-state index is 0.0804. The molecule has 0 saturated heterocycles. The molecule has 29 heavy (non-hydrogen) atoms. The van der Waals surface area contributed by atoms with E-state index < -0.39 is 0 Å². The van der Waals surface area contributed by atoms with Crippen LogP contribution in [0, 0.1) is 5.82 Å². The van der Waals surface area contributed by atoms with E-state index in [0.29, 0.717) is 12.1 Å². The van der Waals surface area contributed by atoms with E-state index in [0.717, 1.165) is 24.3 Å². The molecule has 0 spiro atoms. The van der Waals surface area contributed by atoms with Crippen LogP contribution in [0.4, 0.5) is 4.39 Å². The summed E-state index contributed by atoms with van der Waals surface area (Å²) >= 11 is 0. The van der Waals surface area contributed by atoms with Crippen molar-refractivity contribution in [1.29, 1.82) is 0 Å². The van der Waals surface area contributed by atoms with Crippen molar-refractivity contribution in [2.45, 2.75) is 32.2 Å². The summed E-state index contributed by atoms with van der Waals surface area (Å²) < 4.78 is 15.0. The van der Waals surface area contributed by atoms with Crippen LogP contribution < -0.4 is 10.6 Å². The normalized spacial score (nSPS) is 15.9. The predicted octanol–water partition coefficient (Wildman–Crippen LogP) is 3.75.